The molecule has 1 amide bonds. The Morgan fingerprint density at radius 1 is 1.27 bits per heavy atom. The van der Waals surface area contributed by atoms with Crippen LogP contribution in [0.4, 0.5) is 5.69 Å². The molecule has 0 aliphatic heterocycles. The van der Waals surface area contributed by atoms with Crippen LogP contribution in [-0.4, -0.2) is 22.8 Å². The molecule has 7 heteroatoms. The molecule has 0 unspecified atom stereocenters. The lowest BCUT2D eigenvalue weighted by atomic mass is 10.1. The third-order valence-corrected chi connectivity index (χ3v) is 4.21. The molecule has 1 aromatic carbocycles. The Hall–Kier alpha value is -1.30. The molecule has 22 heavy (non-hydrogen) atoms. The summed E-state index contributed by atoms with van der Waals surface area (Å²) in [5.74, 6) is 0.0861. The lowest BCUT2D eigenvalue weighted by Gasteiger charge is -2.15. The number of aryl methyl sites for hydroxylation is 1. The monoisotopic (exact) mass is 361 g/mol. The first-order chi connectivity index (χ1) is 9.58. The van der Waals surface area contributed by atoms with Gasteiger partial charge in [-0.15, -0.1) is 36.2 Å². The van der Waals surface area contributed by atoms with E-state index < -0.39 is 0 Å². The molecule has 2 rings (SSSR count). The third kappa shape index (κ3) is 5.83. The molecule has 1 aromatic heterocycles. The van der Waals surface area contributed by atoms with Gasteiger partial charge in [0.25, 0.3) is 0 Å². The zero-order valence-electron chi connectivity index (χ0n) is 12.6. The van der Waals surface area contributed by atoms with Gasteiger partial charge in [-0.25, -0.2) is 4.98 Å². The first-order valence-corrected chi connectivity index (χ1v) is 7.42. The van der Waals surface area contributed by atoms with Crippen LogP contribution in [-0.2, 0) is 24.2 Å². The fourth-order valence-corrected chi connectivity index (χ4v) is 2.74. The van der Waals surface area contributed by atoms with Gasteiger partial charge in [-0.1, -0.05) is 19.1 Å². The van der Waals surface area contributed by atoms with E-state index in [1.54, 1.807) is 16.2 Å². The molecule has 0 atom stereocenters. The SMILES string of the molecule is CCc1cnc(CN(C)C(=O)Cc2ccc(N)cc2)s1.Cl.Cl. The normalized spacial score (nSPS) is 9.55. The van der Waals surface area contributed by atoms with Crippen LogP contribution in [0.15, 0.2) is 30.5 Å². The number of carbonyl (C=O) groups excluding carboxylic acids is 1. The first kappa shape index (κ1) is 20.7. The van der Waals surface area contributed by atoms with Gasteiger partial charge in [0.15, 0.2) is 0 Å². The van der Waals surface area contributed by atoms with Crippen molar-refractivity contribution >= 4 is 47.7 Å². The smallest absolute Gasteiger partial charge is 0.227 e. The van der Waals surface area contributed by atoms with Crippen LogP contribution in [0.2, 0.25) is 0 Å². The van der Waals surface area contributed by atoms with Gasteiger partial charge in [0.1, 0.15) is 5.01 Å². The molecule has 0 aliphatic rings. The summed E-state index contributed by atoms with van der Waals surface area (Å²) < 4.78 is 0. The van der Waals surface area contributed by atoms with Crippen molar-refractivity contribution in [2.24, 2.45) is 0 Å². The minimum absolute atomic E-state index is 0. The Balaban J connectivity index is 0.00000220. The van der Waals surface area contributed by atoms with Crippen molar-refractivity contribution in [2.45, 2.75) is 26.3 Å². The molecule has 0 aliphatic carbocycles. The Kier molecular flexibility index (Phi) is 9.09. The number of likely N-dealkylation sites (N-methyl/N-ethyl adjacent to an activating group) is 1. The molecule has 0 bridgehead atoms. The Morgan fingerprint density at radius 3 is 2.45 bits per heavy atom. The van der Waals surface area contributed by atoms with E-state index >= 15 is 0 Å². The molecule has 2 N–H and O–H groups in total. The van der Waals surface area contributed by atoms with E-state index in [2.05, 4.69) is 11.9 Å². The van der Waals surface area contributed by atoms with E-state index in [1.165, 1.54) is 4.88 Å². The molecule has 0 radical (unpaired) electrons. The van der Waals surface area contributed by atoms with Gasteiger partial charge in [-0.05, 0) is 24.1 Å². The zero-order valence-corrected chi connectivity index (χ0v) is 15.1. The summed E-state index contributed by atoms with van der Waals surface area (Å²) in [6.07, 6.45) is 3.27. The number of anilines is 1. The summed E-state index contributed by atoms with van der Waals surface area (Å²) in [6.45, 7) is 2.67. The second-order valence-electron chi connectivity index (χ2n) is 4.74. The van der Waals surface area contributed by atoms with Crippen molar-refractivity contribution in [3.05, 3.63) is 45.9 Å². The summed E-state index contributed by atoms with van der Waals surface area (Å²) in [5.41, 5.74) is 7.32. The second-order valence-corrected chi connectivity index (χ2v) is 5.94. The highest BCUT2D eigenvalue weighted by Crippen LogP contribution is 2.15. The predicted octanol–water partition coefficient (Wildman–Crippen LogP) is 3.33. The maximum atomic E-state index is 12.1. The average Bonchev–Trinajstić information content (AvgIpc) is 2.89. The summed E-state index contributed by atoms with van der Waals surface area (Å²) in [7, 11) is 1.81. The number of carbonyl (C=O) groups is 1. The highest BCUT2D eigenvalue weighted by atomic mass is 35.5. The number of hydrogen-bond acceptors (Lipinski definition) is 4. The highest BCUT2D eigenvalue weighted by Gasteiger charge is 2.12. The predicted molar refractivity (Wildman–Crippen MR) is 97.0 cm³/mol. The molecular weight excluding hydrogens is 341 g/mol. The van der Waals surface area contributed by atoms with Crippen LogP contribution >= 0.6 is 36.2 Å². The molecule has 1 heterocycles. The number of aromatic nitrogens is 1. The molecule has 0 spiro atoms. The maximum absolute atomic E-state index is 12.1. The van der Waals surface area contributed by atoms with Gasteiger partial charge in [-0.3, -0.25) is 4.79 Å². The topological polar surface area (TPSA) is 59.2 Å². The van der Waals surface area contributed by atoms with E-state index in [1.807, 2.05) is 37.5 Å². The molecule has 122 valence electrons. The number of hydrogen-bond donors (Lipinski definition) is 1. The molecule has 0 saturated carbocycles. The lowest BCUT2D eigenvalue weighted by molar-refractivity contribution is -0.129. The number of thiazole rings is 1. The van der Waals surface area contributed by atoms with Crippen molar-refractivity contribution in [3.63, 3.8) is 0 Å². The Bertz CT molecular complexity index is 587. The third-order valence-electron chi connectivity index (χ3n) is 3.08. The van der Waals surface area contributed by atoms with Gasteiger partial charge < -0.3 is 10.6 Å². The Labute approximate surface area is 147 Å². The second kappa shape index (κ2) is 9.66. The molecule has 0 saturated heterocycles. The number of nitrogens with zero attached hydrogens (tertiary/aromatic N) is 2. The van der Waals surface area contributed by atoms with E-state index in [-0.39, 0.29) is 30.7 Å². The fraction of sp³-hybridized carbons (Fsp3) is 0.333. The number of halogens is 2. The van der Waals surface area contributed by atoms with Crippen molar-refractivity contribution in [2.75, 3.05) is 12.8 Å². The standard InChI is InChI=1S/C15H19N3OS.2ClH/c1-3-13-9-17-14(20-13)10-18(2)15(19)8-11-4-6-12(16)7-5-11;;/h4-7,9H,3,8,10,16H2,1-2H3;2*1H. The number of amides is 1. The summed E-state index contributed by atoms with van der Waals surface area (Å²) in [6, 6.07) is 7.41. The molecule has 4 nitrogen and oxygen atoms in total. The highest BCUT2D eigenvalue weighted by molar-refractivity contribution is 7.11. The number of nitrogens with two attached hydrogens (primary N) is 1. The van der Waals surface area contributed by atoms with Crippen LogP contribution in [0.1, 0.15) is 22.4 Å². The van der Waals surface area contributed by atoms with Gasteiger partial charge in [-0.2, -0.15) is 0 Å². The number of rotatable bonds is 5. The molecule has 0 fully saturated rings. The fourth-order valence-electron chi connectivity index (χ4n) is 1.82. The maximum Gasteiger partial charge on any atom is 0.227 e. The first-order valence-electron chi connectivity index (χ1n) is 6.60. The van der Waals surface area contributed by atoms with Crippen LogP contribution in [0, 0.1) is 0 Å². The largest absolute Gasteiger partial charge is 0.399 e. The van der Waals surface area contributed by atoms with E-state index in [9.17, 15) is 4.79 Å². The Morgan fingerprint density at radius 2 is 1.91 bits per heavy atom. The van der Waals surface area contributed by atoms with E-state index in [0.29, 0.717) is 18.7 Å². The van der Waals surface area contributed by atoms with Crippen LogP contribution in [0.5, 0.6) is 0 Å². The average molecular weight is 362 g/mol. The number of benzene rings is 1. The minimum Gasteiger partial charge on any atom is -0.399 e. The van der Waals surface area contributed by atoms with E-state index in [0.717, 1.165) is 17.0 Å². The lowest BCUT2D eigenvalue weighted by Crippen LogP contribution is -2.27. The van der Waals surface area contributed by atoms with Crippen LogP contribution in [0.25, 0.3) is 0 Å². The van der Waals surface area contributed by atoms with Gasteiger partial charge >= 0.3 is 0 Å². The van der Waals surface area contributed by atoms with Crippen LogP contribution in [0.3, 0.4) is 0 Å². The number of nitrogen functional groups attached to an aromatic ring is 1. The van der Waals surface area contributed by atoms with Gasteiger partial charge in [0.05, 0.1) is 13.0 Å². The molecule has 2 aromatic rings. The van der Waals surface area contributed by atoms with Gasteiger partial charge in [0, 0.05) is 23.8 Å². The van der Waals surface area contributed by atoms with Gasteiger partial charge in [0.2, 0.25) is 5.91 Å². The summed E-state index contributed by atoms with van der Waals surface area (Å²) >= 11 is 1.67. The van der Waals surface area contributed by atoms with Crippen molar-refractivity contribution < 1.29 is 4.79 Å². The molecular formula is C15H21Cl2N3OS. The zero-order chi connectivity index (χ0) is 14.5. The van der Waals surface area contributed by atoms with Crippen LogP contribution < -0.4 is 5.73 Å². The quantitative estimate of drug-likeness (QED) is 0.830. The van der Waals surface area contributed by atoms with Crippen molar-refractivity contribution in [1.29, 1.82) is 0 Å². The van der Waals surface area contributed by atoms with Crippen molar-refractivity contribution in [1.82, 2.24) is 9.88 Å². The minimum atomic E-state index is 0. The summed E-state index contributed by atoms with van der Waals surface area (Å²) in [4.78, 5) is 19.5. The summed E-state index contributed by atoms with van der Waals surface area (Å²) in [5, 5.41) is 0.981. The van der Waals surface area contributed by atoms with Crippen molar-refractivity contribution in [3.8, 4) is 0 Å². The van der Waals surface area contributed by atoms with E-state index in [4.69, 9.17) is 5.73 Å².